The minimum Gasteiger partial charge on any atom is -0.464 e. The van der Waals surface area contributed by atoms with Crippen LogP contribution < -0.4 is 5.32 Å². The number of carbonyl (C=O) groups excluding carboxylic acids is 2. The lowest BCUT2D eigenvalue weighted by Crippen LogP contribution is -2.44. The zero-order chi connectivity index (χ0) is 12.3. The van der Waals surface area contributed by atoms with Crippen molar-refractivity contribution >= 4 is 11.9 Å². The molecule has 2 rings (SSSR count). The average molecular weight is 233 g/mol. The van der Waals surface area contributed by atoms with E-state index < -0.39 is 5.54 Å². The second-order valence-electron chi connectivity index (χ2n) is 4.12. The second-order valence-corrected chi connectivity index (χ2v) is 4.12. The van der Waals surface area contributed by atoms with Crippen molar-refractivity contribution in [3.05, 3.63) is 35.9 Å². The highest BCUT2D eigenvalue weighted by Gasteiger charge is 2.52. The van der Waals surface area contributed by atoms with Gasteiger partial charge < -0.3 is 10.1 Å². The maximum Gasteiger partial charge on any atom is 0.331 e. The van der Waals surface area contributed by atoms with Gasteiger partial charge in [-0.1, -0.05) is 18.2 Å². The summed E-state index contributed by atoms with van der Waals surface area (Å²) >= 11 is 0. The molecular formula is C13H15NO3. The number of nitrogens with one attached hydrogen (secondary N) is 1. The predicted molar refractivity (Wildman–Crippen MR) is 62.5 cm³/mol. The molecule has 1 aromatic rings. The molecule has 1 aliphatic carbocycles. The van der Waals surface area contributed by atoms with Crippen LogP contribution in [0.25, 0.3) is 0 Å². The number of ether oxygens (including phenoxy) is 1. The topological polar surface area (TPSA) is 55.4 Å². The van der Waals surface area contributed by atoms with E-state index in [1.54, 1.807) is 31.2 Å². The highest BCUT2D eigenvalue weighted by molar-refractivity contribution is 5.99. The predicted octanol–water partition coefficient (Wildman–Crippen LogP) is 1.51. The van der Waals surface area contributed by atoms with E-state index in [0.717, 1.165) is 0 Å². The van der Waals surface area contributed by atoms with E-state index in [4.69, 9.17) is 4.74 Å². The van der Waals surface area contributed by atoms with Crippen LogP contribution in [-0.4, -0.2) is 24.0 Å². The minimum atomic E-state index is -0.775. The average Bonchev–Trinajstić information content (AvgIpc) is 3.11. The molecule has 1 aliphatic rings. The van der Waals surface area contributed by atoms with Gasteiger partial charge in [-0.2, -0.15) is 0 Å². The van der Waals surface area contributed by atoms with Gasteiger partial charge >= 0.3 is 5.97 Å². The molecule has 1 fully saturated rings. The number of hydrogen-bond donors (Lipinski definition) is 1. The van der Waals surface area contributed by atoms with E-state index in [9.17, 15) is 9.59 Å². The molecule has 4 nitrogen and oxygen atoms in total. The van der Waals surface area contributed by atoms with Gasteiger partial charge in [0.1, 0.15) is 5.54 Å². The van der Waals surface area contributed by atoms with Gasteiger partial charge in [-0.25, -0.2) is 4.79 Å². The SMILES string of the molecule is CCOC(=O)C1(NC(=O)c2ccccc2)CC1. The largest absolute Gasteiger partial charge is 0.464 e. The first-order chi connectivity index (χ1) is 8.18. The van der Waals surface area contributed by atoms with Gasteiger partial charge in [-0.05, 0) is 31.9 Å². The zero-order valence-electron chi connectivity index (χ0n) is 9.73. The van der Waals surface area contributed by atoms with Crippen LogP contribution in [0.2, 0.25) is 0 Å². The van der Waals surface area contributed by atoms with Gasteiger partial charge in [0.2, 0.25) is 0 Å². The van der Waals surface area contributed by atoms with Crippen LogP contribution >= 0.6 is 0 Å². The molecule has 0 aliphatic heterocycles. The standard InChI is InChI=1S/C13H15NO3/c1-2-17-12(16)13(8-9-13)14-11(15)10-6-4-3-5-7-10/h3-7H,2,8-9H2,1H3,(H,14,15). The molecule has 0 spiro atoms. The summed E-state index contributed by atoms with van der Waals surface area (Å²) in [6.07, 6.45) is 1.31. The zero-order valence-corrected chi connectivity index (χ0v) is 9.73. The summed E-state index contributed by atoms with van der Waals surface area (Å²) in [4.78, 5) is 23.5. The molecule has 0 bridgehead atoms. The lowest BCUT2D eigenvalue weighted by molar-refractivity contribution is -0.146. The maximum absolute atomic E-state index is 11.9. The Morgan fingerprint density at radius 2 is 1.94 bits per heavy atom. The molecule has 17 heavy (non-hydrogen) atoms. The van der Waals surface area contributed by atoms with Gasteiger partial charge in [-0.15, -0.1) is 0 Å². The molecule has 1 N–H and O–H groups in total. The fourth-order valence-electron chi connectivity index (χ4n) is 1.65. The van der Waals surface area contributed by atoms with Gasteiger partial charge in [0.15, 0.2) is 0 Å². The Bertz CT molecular complexity index is 424. The van der Waals surface area contributed by atoms with Crippen LogP contribution in [0.5, 0.6) is 0 Å². The molecule has 0 radical (unpaired) electrons. The molecule has 90 valence electrons. The third-order valence-corrected chi connectivity index (χ3v) is 2.80. The van der Waals surface area contributed by atoms with E-state index in [-0.39, 0.29) is 11.9 Å². The van der Waals surface area contributed by atoms with Crippen molar-refractivity contribution in [2.75, 3.05) is 6.61 Å². The van der Waals surface area contributed by atoms with Crippen molar-refractivity contribution < 1.29 is 14.3 Å². The highest BCUT2D eigenvalue weighted by atomic mass is 16.5. The molecule has 1 amide bonds. The van der Waals surface area contributed by atoms with Crippen LogP contribution in [0.15, 0.2) is 30.3 Å². The van der Waals surface area contributed by atoms with Gasteiger partial charge in [0.05, 0.1) is 6.61 Å². The van der Waals surface area contributed by atoms with Crippen LogP contribution in [0.3, 0.4) is 0 Å². The van der Waals surface area contributed by atoms with E-state index in [1.165, 1.54) is 0 Å². The molecule has 0 heterocycles. The smallest absolute Gasteiger partial charge is 0.331 e. The van der Waals surface area contributed by atoms with Crippen molar-refractivity contribution in [2.45, 2.75) is 25.3 Å². The first-order valence-electron chi connectivity index (χ1n) is 5.73. The fraction of sp³-hybridized carbons (Fsp3) is 0.385. The summed E-state index contributed by atoms with van der Waals surface area (Å²) in [5, 5.41) is 2.75. The van der Waals surface area contributed by atoms with Crippen molar-refractivity contribution in [3.8, 4) is 0 Å². The number of esters is 1. The molecule has 1 saturated carbocycles. The Morgan fingerprint density at radius 3 is 2.47 bits per heavy atom. The summed E-state index contributed by atoms with van der Waals surface area (Å²) in [5.74, 6) is -0.555. The maximum atomic E-state index is 11.9. The Kier molecular flexibility index (Phi) is 3.13. The van der Waals surface area contributed by atoms with Gasteiger partial charge in [0.25, 0.3) is 5.91 Å². The summed E-state index contributed by atoms with van der Waals surface area (Å²) in [7, 11) is 0. The second kappa shape index (κ2) is 4.57. The minimum absolute atomic E-state index is 0.226. The Balaban J connectivity index is 2.02. The number of carbonyl (C=O) groups is 2. The first kappa shape index (κ1) is 11.6. The molecule has 4 heteroatoms. The number of benzene rings is 1. The summed E-state index contributed by atoms with van der Waals surface area (Å²) in [5.41, 5.74) is -0.216. The van der Waals surface area contributed by atoms with E-state index in [0.29, 0.717) is 25.0 Å². The molecular weight excluding hydrogens is 218 g/mol. The van der Waals surface area contributed by atoms with Crippen LogP contribution in [0.1, 0.15) is 30.1 Å². The quantitative estimate of drug-likeness (QED) is 0.802. The van der Waals surface area contributed by atoms with Crippen molar-refractivity contribution in [2.24, 2.45) is 0 Å². The van der Waals surface area contributed by atoms with Crippen LogP contribution in [-0.2, 0) is 9.53 Å². The van der Waals surface area contributed by atoms with Gasteiger partial charge in [-0.3, -0.25) is 4.79 Å². The molecule has 0 atom stereocenters. The molecule has 0 aromatic heterocycles. The normalized spacial score (nSPS) is 16.1. The van der Waals surface area contributed by atoms with E-state index in [2.05, 4.69) is 5.32 Å². The third kappa shape index (κ3) is 2.46. The van der Waals surface area contributed by atoms with Gasteiger partial charge in [0, 0.05) is 5.56 Å². The molecule has 0 unspecified atom stereocenters. The van der Waals surface area contributed by atoms with Crippen LogP contribution in [0, 0.1) is 0 Å². The Morgan fingerprint density at radius 1 is 1.29 bits per heavy atom. The number of hydrogen-bond acceptors (Lipinski definition) is 3. The van der Waals surface area contributed by atoms with Crippen LogP contribution in [0.4, 0.5) is 0 Å². The third-order valence-electron chi connectivity index (χ3n) is 2.80. The van der Waals surface area contributed by atoms with Crippen molar-refractivity contribution in [1.29, 1.82) is 0 Å². The van der Waals surface area contributed by atoms with E-state index in [1.807, 2.05) is 6.07 Å². The summed E-state index contributed by atoms with van der Waals surface area (Å²) in [6.45, 7) is 2.09. The molecule has 0 saturated heterocycles. The van der Waals surface area contributed by atoms with Crippen molar-refractivity contribution in [1.82, 2.24) is 5.32 Å². The number of rotatable bonds is 4. The fourth-order valence-corrected chi connectivity index (χ4v) is 1.65. The van der Waals surface area contributed by atoms with E-state index >= 15 is 0 Å². The Labute approximate surface area is 100.0 Å². The summed E-state index contributed by atoms with van der Waals surface area (Å²) < 4.78 is 4.95. The number of amides is 1. The lowest BCUT2D eigenvalue weighted by Gasteiger charge is -2.15. The monoisotopic (exact) mass is 233 g/mol. The Hall–Kier alpha value is -1.84. The highest BCUT2D eigenvalue weighted by Crippen LogP contribution is 2.36. The van der Waals surface area contributed by atoms with Crippen molar-refractivity contribution in [3.63, 3.8) is 0 Å². The molecule has 1 aromatic carbocycles. The summed E-state index contributed by atoms with van der Waals surface area (Å²) in [6, 6.07) is 8.86. The first-order valence-corrected chi connectivity index (χ1v) is 5.73. The lowest BCUT2D eigenvalue weighted by atomic mass is 10.2.